The molecular formula is C31H32BrClN6O2. The van der Waals surface area contributed by atoms with Crippen molar-refractivity contribution < 1.29 is 9.90 Å². The number of halogens is 2. The SMILES string of the molecule is Cc1nccn1CC1=Cc2cc(Cl)ccc2C(N2CCN(C(=O)Nc3ccc(O)cc3)CC2)C2C1=CC(Br)=CN2C. The summed E-state index contributed by atoms with van der Waals surface area (Å²) in [6.45, 7) is 5.39. The van der Waals surface area contributed by atoms with Crippen molar-refractivity contribution in [1.82, 2.24) is 24.3 Å². The lowest BCUT2D eigenvalue weighted by atomic mass is 9.87. The summed E-state index contributed by atoms with van der Waals surface area (Å²) in [6, 6.07) is 12.7. The lowest BCUT2D eigenvalue weighted by Crippen LogP contribution is -2.54. The first-order valence-corrected chi connectivity index (χ1v) is 14.8. The number of urea groups is 1. The van der Waals surface area contributed by atoms with E-state index in [0.29, 0.717) is 30.3 Å². The molecule has 0 saturated carbocycles. The van der Waals surface area contributed by atoms with Gasteiger partial charge in [-0.3, -0.25) is 4.90 Å². The molecule has 2 atom stereocenters. The molecule has 0 radical (unpaired) electrons. The zero-order valence-electron chi connectivity index (χ0n) is 23.0. The van der Waals surface area contributed by atoms with Gasteiger partial charge in [0.15, 0.2) is 0 Å². The molecule has 0 spiro atoms. The van der Waals surface area contributed by atoms with Crippen molar-refractivity contribution in [3.05, 3.63) is 105 Å². The normalized spacial score (nSPS) is 20.8. The van der Waals surface area contributed by atoms with Crippen molar-refractivity contribution in [3.8, 4) is 5.75 Å². The molecule has 8 nitrogen and oxygen atoms in total. The highest BCUT2D eigenvalue weighted by molar-refractivity contribution is 9.11. The zero-order valence-corrected chi connectivity index (χ0v) is 25.3. The van der Waals surface area contributed by atoms with E-state index in [0.717, 1.165) is 29.0 Å². The fourth-order valence-electron chi connectivity index (χ4n) is 6.06. The lowest BCUT2D eigenvalue weighted by Gasteiger charge is -2.46. The van der Waals surface area contributed by atoms with Crippen molar-refractivity contribution in [2.24, 2.45) is 0 Å². The van der Waals surface area contributed by atoms with E-state index >= 15 is 0 Å². The number of carbonyl (C=O) groups is 1. The van der Waals surface area contributed by atoms with Crippen LogP contribution < -0.4 is 5.32 Å². The van der Waals surface area contributed by atoms with E-state index in [1.165, 1.54) is 16.7 Å². The third-order valence-corrected chi connectivity index (χ3v) is 8.79. The van der Waals surface area contributed by atoms with Crippen molar-refractivity contribution in [3.63, 3.8) is 0 Å². The van der Waals surface area contributed by atoms with Crippen LogP contribution in [0.25, 0.3) is 6.08 Å². The molecule has 1 saturated heterocycles. The number of hydrogen-bond acceptors (Lipinski definition) is 5. The Labute approximate surface area is 253 Å². The van der Waals surface area contributed by atoms with Crippen LogP contribution in [-0.2, 0) is 6.54 Å². The highest BCUT2D eigenvalue weighted by atomic mass is 79.9. The van der Waals surface area contributed by atoms with Crippen LogP contribution in [0, 0.1) is 6.92 Å². The molecule has 2 N–H and O–H groups in total. The van der Waals surface area contributed by atoms with Crippen LogP contribution in [0.5, 0.6) is 5.75 Å². The summed E-state index contributed by atoms with van der Waals surface area (Å²) in [5.74, 6) is 1.14. The van der Waals surface area contributed by atoms with Crippen LogP contribution in [0.4, 0.5) is 10.5 Å². The third kappa shape index (κ3) is 5.66. The summed E-state index contributed by atoms with van der Waals surface area (Å²) in [6.07, 6.45) is 10.5. The number of aromatic nitrogens is 2. The molecule has 3 aliphatic rings. The second-order valence-electron chi connectivity index (χ2n) is 10.7. The summed E-state index contributed by atoms with van der Waals surface area (Å²) < 4.78 is 3.20. The fraction of sp³-hybridized carbons (Fsp3) is 0.290. The summed E-state index contributed by atoms with van der Waals surface area (Å²) in [5.41, 5.74) is 5.46. The number of nitrogens with one attached hydrogen (secondary N) is 1. The van der Waals surface area contributed by atoms with Gasteiger partial charge in [-0.2, -0.15) is 0 Å². The van der Waals surface area contributed by atoms with Gasteiger partial charge in [0.1, 0.15) is 11.6 Å². The maximum Gasteiger partial charge on any atom is 0.321 e. The average Bonchev–Trinajstić information content (AvgIpc) is 3.29. The number of imidazole rings is 1. The number of aryl methyl sites for hydroxylation is 1. The molecular weight excluding hydrogens is 604 g/mol. The van der Waals surface area contributed by atoms with E-state index in [1.54, 1.807) is 24.3 Å². The number of carbonyl (C=O) groups excluding carboxylic acids is 1. The Morgan fingerprint density at radius 3 is 2.56 bits per heavy atom. The Bertz CT molecular complexity index is 1550. The number of piperazine rings is 1. The summed E-state index contributed by atoms with van der Waals surface area (Å²) in [4.78, 5) is 24.1. The first-order chi connectivity index (χ1) is 19.8. The van der Waals surface area contributed by atoms with Gasteiger partial charge in [0.25, 0.3) is 0 Å². The number of aromatic hydroxyl groups is 1. The molecule has 3 aromatic rings. The van der Waals surface area contributed by atoms with E-state index in [4.69, 9.17) is 11.6 Å². The van der Waals surface area contributed by atoms with E-state index in [9.17, 15) is 9.90 Å². The van der Waals surface area contributed by atoms with Gasteiger partial charge in [-0.15, -0.1) is 0 Å². The number of likely N-dealkylation sites (N-methyl/N-ethyl adjacent to an activating group) is 1. The Hall–Kier alpha value is -3.53. The fourth-order valence-corrected chi connectivity index (χ4v) is 6.81. The number of hydrogen-bond donors (Lipinski definition) is 2. The maximum absolute atomic E-state index is 13.0. The minimum atomic E-state index is -0.134. The van der Waals surface area contributed by atoms with Crippen LogP contribution in [0.1, 0.15) is 23.0 Å². The molecule has 2 aromatic carbocycles. The molecule has 2 amide bonds. The minimum absolute atomic E-state index is 0.0512. The van der Waals surface area contributed by atoms with Gasteiger partial charge in [0, 0.05) is 73.6 Å². The lowest BCUT2D eigenvalue weighted by molar-refractivity contribution is 0.0816. The number of phenolic OH excluding ortho intramolecular Hbond substituents is 1. The van der Waals surface area contributed by atoms with Gasteiger partial charge in [0.2, 0.25) is 0 Å². The van der Waals surface area contributed by atoms with E-state index in [2.05, 4.69) is 78.1 Å². The van der Waals surface area contributed by atoms with Gasteiger partial charge in [-0.1, -0.05) is 17.7 Å². The van der Waals surface area contributed by atoms with E-state index in [-0.39, 0.29) is 23.9 Å². The summed E-state index contributed by atoms with van der Waals surface area (Å²) in [7, 11) is 2.13. The largest absolute Gasteiger partial charge is 0.508 e. The predicted molar refractivity (Wildman–Crippen MR) is 166 cm³/mol. The van der Waals surface area contributed by atoms with Crippen molar-refractivity contribution in [1.29, 1.82) is 0 Å². The number of nitrogens with zero attached hydrogens (tertiary/aromatic N) is 5. The third-order valence-electron chi connectivity index (χ3n) is 8.12. The van der Waals surface area contributed by atoms with Gasteiger partial charge in [-0.05, 0) is 93.7 Å². The predicted octanol–water partition coefficient (Wildman–Crippen LogP) is 6.02. The zero-order chi connectivity index (χ0) is 28.7. The number of benzene rings is 2. The topological polar surface area (TPSA) is 76.9 Å². The van der Waals surface area contributed by atoms with Crippen molar-refractivity contribution in [2.75, 3.05) is 38.5 Å². The Balaban J connectivity index is 1.30. The number of fused-ring (bicyclic) bond motifs is 2. The molecule has 1 fully saturated rings. The molecule has 1 aliphatic carbocycles. The first kappa shape index (κ1) is 27.6. The van der Waals surface area contributed by atoms with E-state index in [1.807, 2.05) is 30.3 Å². The Morgan fingerprint density at radius 1 is 1.10 bits per heavy atom. The first-order valence-electron chi connectivity index (χ1n) is 13.6. The van der Waals surface area contributed by atoms with Crippen LogP contribution in [0.3, 0.4) is 0 Å². The molecule has 2 aliphatic heterocycles. The average molecular weight is 636 g/mol. The summed E-state index contributed by atoms with van der Waals surface area (Å²) >= 11 is 10.3. The van der Waals surface area contributed by atoms with Crippen LogP contribution in [-0.4, -0.2) is 74.7 Å². The van der Waals surface area contributed by atoms with Crippen molar-refractivity contribution >= 4 is 45.3 Å². The molecule has 6 rings (SSSR count). The highest BCUT2D eigenvalue weighted by Gasteiger charge is 2.40. The van der Waals surface area contributed by atoms with Crippen LogP contribution >= 0.6 is 27.5 Å². The molecule has 2 unspecified atom stereocenters. The molecule has 10 heteroatoms. The number of amides is 2. The number of anilines is 1. The Kier molecular flexibility index (Phi) is 7.68. The van der Waals surface area contributed by atoms with Crippen LogP contribution in [0.15, 0.2) is 82.8 Å². The second kappa shape index (κ2) is 11.4. The van der Waals surface area contributed by atoms with Crippen molar-refractivity contribution in [2.45, 2.75) is 25.6 Å². The number of phenols is 1. The molecule has 3 heterocycles. The molecule has 212 valence electrons. The van der Waals surface area contributed by atoms with Gasteiger partial charge < -0.3 is 24.8 Å². The molecule has 0 bridgehead atoms. The van der Waals surface area contributed by atoms with Gasteiger partial charge in [-0.25, -0.2) is 9.78 Å². The van der Waals surface area contributed by atoms with Gasteiger partial charge in [0.05, 0.1) is 12.1 Å². The summed E-state index contributed by atoms with van der Waals surface area (Å²) in [5, 5.41) is 13.2. The van der Waals surface area contributed by atoms with Gasteiger partial charge >= 0.3 is 6.03 Å². The smallest absolute Gasteiger partial charge is 0.321 e. The standard InChI is InChI=1S/C31H32BrClN6O2/c1-20-34-9-10-39(20)18-22-15-21-16-24(33)3-8-27(21)30(29-28(22)17-23(32)19-36(29)2)37-11-13-38(14-12-37)31(41)35-25-4-6-26(40)7-5-25/h3-10,15-17,19,29-30,40H,11-14,18H2,1-2H3,(H,35,41). The molecule has 1 aromatic heterocycles. The quantitative estimate of drug-likeness (QED) is 0.343. The second-order valence-corrected chi connectivity index (χ2v) is 12.1. The highest BCUT2D eigenvalue weighted by Crippen LogP contribution is 2.44. The Morgan fingerprint density at radius 2 is 1.85 bits per heavy atom. The van der Waals surface area contributed by atoms with E-state index < -0.39 is 0 Å². The number of allylic oxidation sites excluding steroid dienone is 2. The minimum Gasteiger partial charge on any atom is -0.508 e. The molecule has 41 heavy (non-hydrogen) atoms. The monoisotopic (exact) mass is 634 g/mol. The maximum atomic E-state index is 13.0. The number of rotatable bonds is 4. The van der Waals surface area contributed by atoms with Crippen LogP contribution in [0.2, 0.25) is 5.02 Å².